The van der Waals surface area contributed by atoms with Crippen LogP contribution in [-0.2, 0) is 6.54 Å². The van der Waals surface area contributed by atoms with E-state index in [1.54, 1.807) is 16.8 Å². The minimum Gasteiger partial charge on any atom is -0.465 e. The summed E-state index contributed by atoms with van der Waals surface area (Å²) < 4.78 is 1.74. The molecule has 1 aliphatic rings. The van der Waals surface area contributed by atoms with Crippen LogP contribution >= 0.6 is 11.8 Å². The lowest BCUT2D eigenvalue weighted by atomic mass is 10.1. The number of nitrogens with one attached hydrogen (secondary N) is 1. The summed E-state index contributed by atoms with van der Waals surface area (Å²) >= 11 is 1.43. The van der Waals surface area contributed by atoms with Crippen molar-refractivity contribution in [1.82, 2.24) is 19.9 Å². The van der Waals surface area contributed by atoms with Crippen molar-refractivity contribution in [2.45, 2.75) is 43.4 Å². The van der Waals surface area contributed by atoms with Crippen LogP contribution in [0, 0.1) is 0 Å². The van der Waals surface area contributed by atoms with Gasteiger partial charge < -0.3 is 10.4 Å². The van der Waals surface area contributed by atoms with Gasteiger partial charge in [0.1, 0.15) is 5.65 Å². The van der Waals surface area contributed by atoms with Gasteiger partial charge in [0.05, 0.1) is 6.54 Å². The summed E-state index contributed by atoms with van der Waals surface area (Å²) in [6.45, 7) is -0.0128. The van der Waals surface area contributed by atoms with E-state index in [-0.39, 0.29) is 18.1 Å². The van der Waals surface area contributed by atoms with Gasteiger partial charge in [0.25, 0.3) is 5.56 Å². The number of hydrogen-bond donors (Lipinski definition) is 2. The molecule has 2 aromatic heterocycles. The molecule has 0 aromatic carbocycles. The first-order valence-corrected chi connectivity index (χ1v) is 8.74. The first-order chi connectivity index (χ1) is 11.1. The van der Waals surface area contributed by atoms with Crippen molar-refractivity contribution in [3.63, 3.8) is 0 Å². The van der Waals surface area contributed by atoms with Crippen LogP contribution in [-0.4, -0.2) is 32.0 Å². The molecule has 0 bridgehead atoms. The summed E-state index contributed by atoms with van der Waals surface area (Å²) in [6, 6.07) is 1.81. The molecule has 1 amide bonds. The third kappa shape index (κ3) is 3.17. The summed E-state index contributed by atoms with van der Waals surface area (Å²) in [5.41, 5.74) is 0.900. The molecule has 0 radical (unpaired) electrons. The Labute approximate surface area is 137 Å². The zero-order chi connectivity index (χ0) is 16.4. The minimum absolute atomic E-state index is 0.0128. The molecule has 0 unspecified atom stereocenters. The van der Waals surface area contributed by atoms with E-state index in [2.05, 4.69) is 15.3 Å². The molecule has 8 heteroatoms. The average molecular weight is 334 g/mol. The van der Waals surface area contributed by atoms with Crippen LogP contribution in [0.3, 0.4) is 0 Å². The maximum atomic E-state index is 12.8. The molecule has 3 rings (SSSR count). The SMILES string of the molecule is CSc1ncc2cc(CNC(=O)O)c(=O)n(C3CCCC3)c2n1. The normalized spacial score (nSPS) is 15.2. The highest BCUT2D eigenvalue weighted by atomic mass is 32.2. The first kappa shape index (κ1) is 15.8. The quantitative estimate of drug-likeness (QED) is 0.658. The number of pyridine rings is 1. The summed E-state index contributed by atoms with van der Waals surface area (Å²) in [4.78, 5) is 32.3. The van der Waals surface area contributed by atoms with E-state index in [0.717, 1.165) is 31.1 Å². The fraction of sp³-hybridized carbons (Fsp3) is 0.467. The molecule has 1 fully saturated rings. The Hall–Kier alpha value is -2.09. The van der Waals surface area contributed by atoms with Gasteiger partial charge in [-0.1, -0.05) is 24.6 Å². The lowest BCUT2D eigenvalue weighted by molar-refractivity contribution is 0.194. The van der Waals surface area contributed by atoms with E-state index in [9.17, 15) is 9.59 Å². The minimum atomic E-state index is -1.15. The summed E-state index contributed by atoms with van der Waals surface area (Å²) in [7, 11) is 0. The van der Waals surface area contributed by atoms with Crippen LogP contribution in [0.25, 0.3) is 11.0 Å². The van der Waals surface area contributed by atoms with Crippen molar-refractivity contribution in [2.75, 3.05) is 6.26 Å². The van der Waals surface area contributed by atoms with Gasteiger partial charge in [-0.25, -0.2) is 14.8 Å². The molecule has 1 saturated carbocycles. The van der Waals surface area contributed by atoms with Gasteiger partial charge in [0.15, 0.2) is 5.16 Å². The van der Waals surface area contributed by atoms with E-state index >= 15 is 0 Å². The third-order valence-corrected chi connectivity index (χ3v) is 4.69. The van der Waals surface area contributed by atoms with Crippen LogP contribution in [0.2, 0.25) is 0 Å². The van der Waals surface area contributed by atoms with E-state index in [1.807, 2.05) is 6.26 Å². The Bertz CT molecular complexity index is 799. The predicted molar refractivity (Wildman–Crippen MR) is 87.9 cm³/mol. The van der Waals surface area contributed by atoms with E-state index in [4.69, 9.17) is 5.11 Å². The number of carboxylic acid groups (broad SMARTS) is 1. The molecule has 0 spiro atoms. The standard InChI is InChI=1S/C15H18N4O3S/c1-23-14-16-7-9-6-10(8-17-15(21)22)13(20)19(12(9)18-14)11-4-2-3-5-11/h6-7,11,17H,2-5,8H2,1H3,(H,21,22). The largest absolute Gasteiger partial charge is 0.465 e. The van der Waals surface area contributed by atoms with Gasteiger partial charge in [0.2, 0.25) is 0 Å². The summed E-state index contributed by atoms with van der Waals surface area (Å²) in [5.74, 6) is 0. The fourth-order valence-electron chi connectivity index (χ4n) is 3.06. The van der Waals surface area contributed by atoms with Gasteiger partial charge in [-0.15, -0.1) is 0 Å². The first-order valence-electron chi connectivity index (χ1n) is 7.52. The fourth-order valence-corrected chi connectivity index (χ4v) is 3.39. The zero-order valence-electron chi connectivity index (χ0n) is 12.8. The maximum absolute atomic E-state index is 12.8. The number of aromatic nitrogens is 3. The van der Waals surface area contributed by atoms with Crippen LogP contribution in [0.1, 0.15) is 37.3 Å². The topological polar surface area (TPSA) is 97.1 Å². The Kier molecular flexibility index (Phi) is 4.51. The smallest absolute Gasteiger partial charge is 0.404 e. The third-order valence-electron chi connectivity index (χ3n) is 4.13. The molecule has 2 aromatic rings. The van der Waals surface area contributed by atoms with Crippen LogP contribution in [0.15, 0.2) is 22.2 Å². The molecule has 23 heavy (non-hydrogen) atoms. The van der Waals surface area contributed by atoms with Crippen molar-refractivity contribution >= 4 is 28.9 Å². The van der Waals surface area contributed by atoms with Crippen molar-refractivity contribution in [2.24, 2.45) is 0 Å². The molecule has 0 saturated heterocycles. The van der Waals surface area contributed by atoms with Gasteiger partial charge in [0, 0.05) is 23.2 Å². The highest BCUT2D eigenvalue weighted by molar-refractivity contribution is 7.98. The molecule has 1 aliphatic carbocycles. The van der Waals surface area contributed by atoms with Crippen LogP contribution in [0.4, 0.5) is 4.79 Å². The average Bonchev–Trinajstić information content (AvgIpc) is 3.06. The molecular formula is C15H18N4O3S. The lowest BCUT2D eigenvalue weighted by Gasteiger charge is -2.18. The molecule has 7 nitrogen and oxygen atoms in total. The molecule has 2 N–H and O–H groups in total. The molecule has 122 valence electrons. The second-order valence-electron chi connectivity index (χ2n) is 5.58. The highest BCUT2D eigenvalue weighted by Crippen LogP contribution is 2.30. The van der Waals surface area contributed by atoms with Crippen molar-refractivity contribution in [3.8, 4) is 0 Å². The van der Waals surface area contributed by atoms with Gasteiger partial charge in [-0.2, -0.15) is 0 Å². The summed E-state index contributed by atoms with van der Waals surface area (Å²) in [5, 5.41) is 12.4. The predicted octanol–water partition coefficient (Wildman–Crippen LogP) is 2.40. The Balaban J connectivity index is 2.17. The number of carbonyl (C=O) groups is 1. The monoisotopic (exact) mass is 334 g/mol. The number of nitrogens with zero attached hydrogens (tertiary/aromatic N) is 3. The number of rotatable bonds is 4. The Morgan fingerprint density at radius 2 is 2.22 bits per heavy atom. The number of amides is 1. The van der Waals surface area contributed by atoms with Gasteiger partial charge in [-0.05, 0) is 25.2 Å². The van der Waals surface area contributed by atoms with Crippen LogP contribution in [0.5, 0.6) is 0 Å². The second kappa shape index (κ2) is 6.57. The Morgan fingerprint density at radius 1 is 1.48 bits per heavy atom. The number of thioether (sulfide) groups is 1. The molecular weight excluding hydrogens is 316 g/mol. The molecule has 0 atom stereocenters. The molecule has 0 aliphatic heterocycles. The summed E-state index contributed by atoms with van der Waals surface area (Å²) in [6.07, 6.45) is 6.53. The lowest BCUT2D eigenvalue weighted by Crippen LogP contribution is -2.31. The number of fused-ring (bicyclic) bond motifs is 1. The Morgan fingerprint density at radius 3 is 2.87 bits per heavy atom. The van der Waals surface area contributed by atoms with Crippen molar-refractivity contribution in [1.29, 1.82) is 0 Å². The number of hydrogen-bond acceptors (Lipinski definition) is 5. The van der Waals surface area contributed by atoms with Gasteiger partial charge >= 0.3 is 6.09 Å². The van der Waals surface area contributed by atoms with Crippen molar-refractivity contribution < 1.29 is 9.90 Å². The van der Waals surface area contributed by atoms with E-state index in [1.165, 1.54) is 11.8 Å². The van der Waals surface area contributed by atoms with Crippen LogP contribution < -0.4 is 10.9 Å². The van der Waals surface area contributed by atoms with Gasteiger partial charge in [-0.3, -0.25) is 9.36 Å². The highest BCUT2D eigenvalue weighted by Gasteiger charge is 2.22. The van der Waals surface area contributed by atoms with Crippen molar-refractivity contribution in [3.05, 3.63) is 28.2 Å². The maximum Gasteiger partial charge on any atom is 0.404 e. The van der Waals surface area contributed by atoms with E-state index < -0.39 is 6.09 Å². The molecule has 2 heterocycles. The van der Waals surface area contributed by atoms with E-state index in [0.29, 0.717) is 16.4 Å². The zero-order valence-corrected chi connectivity index (χ0v) is 13.6. The second-order valence-corrected chi connectivity index (χ2v) is 6.35.